The third kappa shape index (κ3) is 4.89. The molecule has 3 heterocycles. The lowest BCUT2D eigenvalue weighted by Gasteiger charge is -2.28. The highest BCUT2D eigenvalue weighted by atomic mass is 32.2. The van der Waals surface area contributed by atoms with Gasteiger partial charge in [0, 0.05) is 50.1 Å². The van der Waals surface area contributed by atoms with Crippen LogP contribution >= 0.6 is 11.8 Å². The van der Waals surface area contributed by atoms with Crippen molar-refractivity contribution in [3.05, 3.63) is 11.3 Å². The van der Waals surface area contributed by atoms with Crippen molar-refractivity contribution in [2.75, 3.05) is 54.9 Å². The molecule has 0 aromatic carbocycles. The lowest BCUT2D eigenvalue weighted by atomic mass is 9.96. The molecule has 4 rings (SSSR count). The van der Waals surface area contributed by atoms with Crippen molar-refractivity contribution in [1.29, 1.82) is 0 Å². The normalized spacial score (nSPS) is 23.9. The molecule has 6 heteroatoms. The molecule has 3 aliphatic rings. The van der Waals surface area contributed by atoms with Crippen LogP contribution < -0.4 is 10.2 Å². The van der Waals surface area contributed by atoms with E-state index in [2.05, 4.69) is 21.4 Å². The molecule has 1 aliphatic carbocycles. The molecule has 1 atom stereocenters. The number of aromatic nitrogens is 2. The molecular weight excluding hydrogens is 354 g/mol. The van der Waals surface area contributed by atoms with E-state index in [0.29, 0.717) is 6.04 Å². The first-order valence-corrected chi connectivity index (χ1v) is 12.4. The van der Waals surface area contributed by atoms with E-state index in [0.717, 1.165) is 38.4 Å². The smallest absolute Gasteiger partial charge is 0.225 e. The topological polar surface area (TPSA) is 44.3 Å². The number of anilines is 2. The highest BCUT2D eigenvalue weighted by molar-refractivity contribution is 7.98. The Morgan fingerprint density at radius 1 is 1.00 bits per heavy atom. The fourth-order valence-electron chi connectivity index (χ4n) is 4.74. The van der Waals surface area contributed by atoms with Gasteiger partial charge in [-0.15, -0.1) is 0 Å². The number of thioether (sulfide) groups is 1. The molecule has 0 amide bonds. The van der Waals surface area contributed by atoms with Crippen LogP contribution in [0.5, 0.6) is 0 Å². The van der Waals surface area contributed by atoms with Crippen LogP contribution in [0, 0.1) is 0 Å². The predicted octanol–water partition coefficient (Wildman–Crippen LogP) is 3.59. The molecule has 0 saturated carbocycles. The van der Waals surface area contributed by atoms with Crippen molar-refractivity contribution in [1.82, 2.24) is 14.9 Å². The molecule has 1 unspecified atom stereocenters. The summed E-state index contributed by atoms with van der Waals surface area (Å²) >= 11 is 1.94. The van der Waals surface area contributed by atoms with Crippen LogP contribution in [0.2, 0.25) is 0 Å². The summed E-state index contributed by atoms with van der Waals surface area (Å²) in [6.45, 7) is 5.84. The van der Waals surface area contributed by atoms with Crippen LogP contribution in [-0.2, 0) is 12.8 Å². The van der Waals surface area contributed by atoms with Gasteiger partial charge >= 0.3 is 0 Å². The van der Waals surface area contributed by atoms with E-state index in [1.54, 1.807) is 0 Å². The van der Waals surface area contributed by atoms with Gasteiger partial charge in [-0.05, 0) is 51.2 Å². The van der Waals surface area contributed by atoms with Crippen LogP contribution in [0.1, 0.15) is 56.2 Å². The minimum atomic E-state index is 0.491. The summed E-state index contributed by atoms with van der Waals surface area (Å²) in [5.74, 6) is 3.36. The van der Waals surface area contributed by atoms with E-state index in [1.807, 2.05) is 11.8 Å². The summed E-state index contributed by atoms with van der Waals surface area (Å²) < 4.78 is 0. The lowest BCUT2D eigenvalue weighted by Crippen LogP contribution is -2.30. The Kier molecular flexibility index (Phi) is 6.77. The van der Waals surface area contributed by atoms with E-state index in [9.17, 15) is 0 Å². The minimum absolute atomic E-state index is 0.491. The summed E-state index contributed by atoms with van der Waals surface area (Å²) in [5.41, 5.74) is 2.76. The second-order valence-corrected chi connectivity index (χ2v) is 9.31. The van der Waals surface area contributed by atoms with Crippen molar-refractivity contribution in [3.8, 4) is 0 Å². The van der Waals surface area contributed by atoms with Crippen LogP contribution in [0.25, 0.3) is 0 Å². The van der Waals surface area contributed by atoms with Gasteiger partial charge in [-0.3, -0.25) is 0 Å². The monoisotopic (exact) mass is 389 g/mol. The maximum atomic E-state index is 5.08. The minimum Gasteiger partial charge on any atom is -0.356 e. The van der Waals surface area contributed by atoms with E-state index in [4.69, 9.17) is 9.97 Å². The summed E-state index contributed by atoms with van der Waals surface area (Å²) in [6, 6.07) is 0.491. The van der Waals surface area contributed by atoms with Crippen molar-refractivity contribution < 1.29 is 0 Å². The van der Waals surface area contributed by atoms with Crippen LogP contribution in [0.3, 0.4) is 0 Å². The van der Waals surface area contributed by atoms with Gasteiger partial charge < -0.3 is 15.1 Å². The molecule has 2 saturated heterocycles. The van der Waals surface area contributed by atoms with E-state index < -0.39 is 0 Å². The standard InChI is InChI=1S/C21H35N5S/c1-27-15-14-25-13-10-17(16-25)22-21-23-19-9-5-4-8-18(19)20(24-21)26-11-6-2-3-7-12-26/h17H,2-16H2,1H3,(H,22,23,24). The van der Waals surface area contributed by atoms with E-state index >= 15 is 0 Å². The van der Waals surface area contributed by atoms with Gasteiger partial charge in [-0.1, -0.05) is 12.8 Å². The first-order chi connectivity index (χ1) is 13.3. The highest BCUT2D eigenvalue weighted by Gasteiger charge is 2.26. The quantitative estimate of drug-likeness (QED) is 0.802. The van der Waals surface area contributed by atoms with Crippen molar-refractivity contribution in [2.24, 2.45) is 0 Å². The van der Waals surface area contributed by atoms with Gasteiger partial charge in [0.1, 0.15) is 5.82 Å². The molecule has 0 bridgehead atoms. The number of likely N-dealkylation sites (tertiary alicyclic amines) is 1. The zero-order valence-corrected chi connectivity index (χ0v) is 17.7. The molecule has 5 nitrogen and oxygen atoms in total. The summed E-state index contributed by atoms with van der Waals surface area (Å²) in [6.07, 6.45) is 13.6. The van der Waals surface area contributed by atoms with Crippen LogP contribution in [-0.4, -0.2) is 65.6 Å². The number of fused-ring (bicyclic) bond motifs is 1. The molecule has 2 aliphatic heterocycles. The largest absolute Gasteiger partial charge is 0.356 e. The fourth-order valence-corrected chi connectivity index (χ4v) is 5.18. The Balaban J connectivity index is 1.50. The predicted molar refractivity (Wildman–Crippen MR) is 116 cm³/mol. The zero-order chi connectivity index (χ0) is 18.5. The first kappa shape index (κ1) is 19.3. The second kappa shape index (κ2) is 9.46. The molecule has 1 aromatic rings. The van der Waals surface area contributed by atoms with Crippen molar-refractivity contribution in [2.45, 2.75) is 63.8 Å². The van der Waals surface area contributed by atoms with Crippen molar-refractivity contribution >= 4 is 23.5 Å². The number of hydrogen-bond acceptors (Lipinski definition) is 6. The molecular formula is C21H35N5S. The molecule has 0 spiro atoms. The molecule has 2 fully saturated rings. The maximum absolute atomic E-state index is 5.08. The SMILES string of the molecule is CSCCN1CCC(Nc2nc3c(c(N4CCCCCC4)n2)CCCC3)C1. The van der Waals surface area contributed by atoms with Gasteiger partial charge in [0.2, 0.25) is 5.95 Å². The summed E-state index contributed by atoms with van der Waals surface area (Å²) in [4.78, 5) is 15.2. The van der Waals surface area contributed by atoms with Gasteiger partial charge in [-0.25, -0.2) is 4.98 Å². The Morgan fingerprint density at radius 3 is 2.63 bits per heavy atom. The molecule has 1 aromatic heterocycles. The summed E-state index contributed by atoms with van der Waals surface area (Å²) in [7, 11) is 0. The number of nitrogens with one attached hydrogen (secondary N) is 1. The summed E-state index contributed by atoms with van der Waals surface area (Å²) in [5, 5.41) is 3.70. The molecule has 0 radical (unpaired) electrons. The maximum Gasteiger partial charge on any atom is 0.225 e. The van der Waals surface area contributed by atoms with Crippen LogP contribution in [0.15, 0.2) is 0 Å². The molecule has 27 heavy (non-hydrogen) atoms. The highest BCUT2D eigenvalue weighted by Crippen LogP contribution is 2.31. The fraction of sp³-hybridized carbons (Fsp3) is 0.810. The second-order valence-electron chi connectivity index (χ2n) is 8.33. The average molecular weight is 390 g/mol. The van der Waals surface area contributed by atoms with Crippen LogP contribution in [0.4, 0.5) is 11.8 Å². The Labute approximate surface area is 168 Å². The lowest BCUT2D eigenvalue weighted by molar-refractivity contribution is 0.359. The van der Waals surface area contributed by atoms with E-state index in [1.165, 1.54) is 80.9 Å². The molecule has 150 valence electrons. The average Bonchev–Trinajstić information content (AvgIpc) is 2.96. The molecule has 1 N–H and O–H groups in total. The van der Waals surface area contributed by atoms with Crippen molar-refractivity contribution in [3.63, 3.8) is 0 Å². The third-order valence-electron chi connectivity index (χ3n) is 6.28. The third-order valence-corrected chi connectivity index (χ3v) is 6.87. The van der Waals surface area contributed by atoms with Gasteiger partial charge in [0.15, 0.2) is 0 Å². The Bertz CT molecular complexity index is 615. The van der Waals surface area contributed by atoms with E-state index in [-0.39, 0.29) is 0 Å². The van der Waals surface area contributed by atoms with Gasteiger partial charge in [0.05, 0.1) is 5.69 Å². The number of hydrogen-bond donors (Lipinski definition) is 1. The van der Waals surface area contributed by atoms with Gasteiger partial charge in [0.25, 0.3) is 0 Å². The zero-order valence-electron chi connectivity index (χ0n) is 16.9. The Morgan fingerprint density at radius 2 is 1.81 bits per heavy atom. The Hall–Kier alpha value is -1.01. The van der Waals surface area contributed by atoms with Gasteiger partial charge in [-0.2, -0.15) is 16.7 Å². The number of aryl methyl sites for hydroxylation is 1. The number of rotatable bonds is 6. The number of nitrogens with zero attached hydrogens (tertiary/aromatic N) is 4. The first-order valence-electron chi connectivity index (χ1n) is 11.0.